The van der Waals surface area contributed by atoms with Crippen LogP contribution >= 0.6 is 0 Å². The summed E-state index contributed by atoms with van der Waals surface area (Å²) >= 11 is 0. The summed E-state index contributed by atoms with van der Waals surface area (Å²) < 4.78 is 58.7. The molecule has 1 aliphatic heterocycles. The molecule has 0 unspecified atom stereocenters. The van der Waals surface area contributed by atoms with Crippen LogP contribution in [-0.2, 0) is 13.0 Å². The molecule has 0 aliphatic carbocycles. The lowest BCUT2D eigenvalue weighted by molar-refractivity contribution is -0.274. The molecule has 2 aromatic heterocycles. The average molecular weight is 506 g/mol. The maximum absolute atomic E-state index is 13.8. The van der Waals surface area contributed by atoms with Crippen molar-refractivity contribution in [3.63, 3.8) is 0 Å². The number of nitrogens with one attached hydrogen (secondary N) is 1. The largest absolute Gasteiger partial charge is 0.573 e. The standard InChI is InChI=1S/C27H18F4N4O2/c28-20-5-4-18(19(12-20)14-32)15-35-22-8-11-34-26(36)24(22)23(25(35)16-6-9-33-10-7-16)17-2-1-3-21(13-17)37-27(29,30)31/h1-7,9-10,12-13H,8,11,15H2,(H,34,36). The van der Waals surface area contributed by atoms with Crippen molar-refractivity contribution in [2.45, 2.75) is 19.3 Å². The molecule has 1 aliphatic rings. The van der Waals surface area contributed by atoms with Gasteiger partial charge < -0.3 is 14.6 Å². The Hall–Kier alpha value is -4.65. The van der Waals surface area contributed by atoms with Crippen molar-refractivity contribution in [2.24, 2.45) is 0 Å². The molecule has 2 aromatic carbocycles. The summed E-state index contributed by atoms with van der Waals surface area (Å²) in [5.74, 6) is -1.34. The second kappa shape index (κ2) is 9.43. The van der Waals surface area contributed by atoms with Gasteiger partial charge in [0.2, 0.25) is 0 Å². The SMILES string of the molecule is N#Cc1cc(F)ccc1Cn1c2c(c(-c3cccc(OC(F)(F)F)c3)c1-c1ccncc1)C(=O)NCC2. The minimum Gasteiger partial charge on any atom is -0.406 e. The first-order valence-corrected chi connectivity index (χ1v) is 11.2. The normalized spacial score (nSPS) is 13.0. The number of fused-ring (bicyclic) bond motifs is 1. The number of aromatic nitrogens is 2. The Balaban J connectivity index is 1.79. The number of carbonyl (C=O) groups excluding carboxylic acids is 1. The molecule has 10 heteroatoms. The summed E-state index contributed by atoms with van der Waals surface area (Å²) in [4.78, 5) is 17.2. The monoisotopic (exact) mass is 506 g/mol. The van der Waals surface area contributed by atoms with E-state index < -0.39 is 17.9 Å². The zero-order valence-corrected chi connectivity index (χ0v) is 19.1. The highest BCUT2D eigenvalue weighted by Crippen LogP contribution is 2.42. The molecule has 3 heterocycles. The van der Waals surface area contributed by atoms with Gasteiger partial charge in [-0.2, -0.15) is 5.26 Å². The molecule has 6 nitrogen and oxygen atoms in total. The highest BCUT2D eigenvalue weighted by atomic mass is 19.4. The van der Waals surface area contributed by atoms with Gasteiger partial charge >= 0.3 is 6.36 Å². The molecule has 0 radical (unpaired) electrons. The van der Waals surface area contributed by atoms with Crippen LogP contribution in [0.4, 0.5) is 17.6 Å². The second-order valence-electron chi connectivity index (χ2n) is 8.36. The number of pyridine rings is 1. The third-order valence-corrected chi connectivity index (χ3v) is 6.08. The molecule has 37 heavy (non-hydrogen) atoms. The van der Waals surface area contributed by atoms with Crippen molar-refractivity contribution >= 4 is 5.91 Å². The topological polar surface area (TPSA) is 79.9 Å². The fraction of sp³-hybridized carbons (Fsp3) is 0.148. The Morgan fingerprint density at radius 2 is 1.84 bits per heavy atom. The molecular formula is C27H18F4N4O2. The van der Waals surface area contributed by atoms with Gasteiger partial charge in [0.25, 0.3) is 5.91 Å². The third kappa shape index (κ3) is 4.76. The Kier molecular flexibility index (Phi) is 6.13. The zero-order chi connectivity index (χ0) is 26.2. The van der Waals surface area contributed by atoms with Crippen LogP contribution in [0.2, 0.25) is 0 Å². The van der Waals surface area contributed by atoms with Crippen LogP contribution in [0.5, 0.6) is 5.75 Å². The van der Waals surface area contributed by atoms with E-state index in [1.54, 1.807) is 30.6 Å². The molecule has 1 amide bonds. The number of hydrogen-bond donors (Lipinski definition) is 1. The van der Waals surface area contributed by atoms with Gasteiger partial charge in [0.1, 0.15) is 11.6 Å². The van der Waals surface area contributed by atoms with E-state index in [0.717, 1.165) is 6.07 Å². The number of benzene rings is 2. The number of hydrogen-bond acceptors (Lipinski definition) is 4. The zero-order valence-electron chi connectivity index (χ0n) is 19.1. The van der Waals surface area contributed by atoms with Gasteiger partial charge in [0, 0.05) is 48.7 Å². The third-order valence-electron chi connectivity index (χ3n) is 6.08. The number of alkyl halides is 3. The fourth-order valence-corrected chi connectivity index (χ4v) is 4.63. The van der Waals surface area contributed by atoms with Gasteiger partial charge in [0.05, 0.1) is 22.9 Å². The van der Waals surface area contributed by atoms with Gasteiger partial charge in [0.15, 0.2) is 0 Å². The molecule has 1 N–H and O–H groups in total. The maximum atomic E-state index is 13.8. The summed E-state index contributed by atoms with van der Waals surface area (Å²) in [6, 6.07) is 14.8. The molecule has 0 spiro atoms. The van der Waals surface area contributed by atoms with Gasteiger partial charge in [-0.25, -0.2) is 4.39 Å². The Morgan fingerprint density at radius 3 is 2.57 bits per heavy atom. The summed E-state index contributed by atoms with van der Waals surface area (Å²) in [5.41, 5.74) is 3.64. The molecule has 0 atom stereocenters. The first kappa shape index (κ1) is 24.1. The maximum Gasteiger partial charge on any atom is 0.573 e. The van der Waals surface area contributed by atoms with Crippen molar-refractivity contribution in [3.8, 4) is 34.2 Å². The van der Waals surface area contributed by atoms with E-state index in [9.17, 15) is 27.6 Å². The first-order valence-electron chi connectivity index (χ1n) is 11.2. The average Bonchev–Trinajstić information content (AvgIpc) is 3.20. The molecule has 5 rings (SSSR count). The number of ether oxygens (including phenoxy) is 1. The number of carbonyl (C=O) groups is 1. The molecule has 0 bridgehead atoms. The number of halogens is 4. The first-order chi connectivity index (χ1) is 17.7. The Labute approximate surface area is 208 Å². The minimum atomic E-state index is -4.88. The molecule has 0 saturated heterocycles. The highest BCUT2D eigenvalue weighted by molar-refractivity contribution is 6.07. The van der Waals surface area contributed by atoms with E-state index in [2.05, 4.69) is 15.0 Å². The van der Waals surface area contributed by atoms with Gasteiger partial charge in [-0.3, -0.25) is 9.78 Å². The van der Waals surface area contributed by atoms with E-state index in [1.807, 2.05) is 10.6 Å². The van der Waals surface area contributed by atoms with Crippen LogP contribution < -0.4 is 10.1 Å². The summed E-state index contributed by atoms with van der Waals surface area (Å²) in [6.07, 6.45) is -1.30. The highest BCUT2D eigenvalue weighted by Gasteiger charge is 2.33. The van der Waals surface area contributed by atoms with Crippen molar-refractivity contribution in [1.29, 1.82) is 5.26 Å². The van der Waals surface area contributed by atoms with Crippen molar-refractivity contribution in [2.75, 3.05) is 6.54 Å². The van der Waals surface area contributed by atoms with Crippen LogP contribution in [0.1, 0.15) is 27.2 Å². The quantitative estimate of drug-likeness (QED) is 0.365. The summed E-state index contributed by atoms with van der Waals surface area (Å²) in [6.45, 7) is 0.492. The fourth-order valence-electron chi connectivity index (χ4n) is 4.63. The van der Waals surface area contributed by atoms with Crippen molar-refractivity contribution in [1.82, 2.24) is 14.9 Å². The lowest BCUT2D eigenvalue weighted by Gasteiger charge is -2.18. The number of nitriles is 1. The van der Waals surface area contributed by atoms with E-state index >= 15 is 0 Å². The summed E-state index contributed by atoms with van der Waals surface area (Å²) in [7, 11) is 0. The van der Waals surface area contributed by atoms with Gasteiger partial charge in [-0.05, 0) is 47.5 Å². The number of amides is 1. The van der Waals surface area contributed by atoms with Gasteiger partial charge in [-0.15, -0.1) is 13.2 Å². The smallest absolute Gasteiger partial charge is 0.406 e. The van der Waals surface area contributed by atoms with Crippen LogP contribution in [0.25, 0.3) is 22.4 Å². The predicted molar refractivity (Wildman–Crippen MR) is 126 cm³/mol. The molecule has 186 valence electrons. The lowest BCUT2D eigenvalue weighted by Crippen LogP contribution is -2.32. The van der Waals surface area contributed by atoms with Crippen molar-refractivity contribution in [3.05, 3.63) is 95.2 Å². The minimum absolute atomic E-state index is 0.134. The van der Waals surface area contributed by atoms with Crippen LogP contribution in [0, 0.1) is 17.1 Å². The van der Waals surface area contributed by atoms with Gasteiger partial charge in [-0.1, -0.05) is 18.2 Å². The molecule has 0 fully saturated rings. The van der Waals surface area contributed by atoms with E-state index in [4.69, 9.17) is 0 Å². The molecule has 4 aromatic rings. The van der Waals surface area contributed by atoms with E-state index in [-0.39, 0.29) is 18.0 Å². The Morgan fingerprint density at radius 1 is 1.05 bits per heavy atom. The number of rotatable bonds is 5. The second-order valence-corrected chi connectivity index (χ2v) is 8.36. The van der Waals surface area contributed by atoms with E-state index in [1.165, 1.54) is 30.3 Å². The lowest BCUT2D eigenvalue weighted by atomic mass is 9.95. The summed E-state index contributed by atoms with van der Waals surface area (Å²) in [5, 5.41) is 12.4. The van der Waals surface area contributed by atoms with Crippen LogP contribution in [-0.4, -0.2) is 28.4 Å². The van der Waals surface area contributed by atoms with Crippen LogP contribution in [0.15, 0.2) is 67.0 Å². The molecule has 0 saturated carbocycles. The number of nitrogens with zero attached hydrogens (tertiary/aromatic N) is 3. The van der Waals surface area contributed by atoms with E-state index in [0.29, 0.717) is 52.2 Å². The Bertz CT molecular complexity index is 1540. The van der Waals surface area contributed by atoms with Crippen molar-refractivity contribution < 1.29 is 27.1 Å². The predicted octanol–water partition coefficient (Wildman–Crippen LogP) is 5.46. The van der Waals surface area contributed by atoms with Crippen LogP contribution in [0.3, 0.4) is 0 Å². The molecular weight excluding hydrogens is 488 g/mol.